The number of hydrogen-bond acceptors (Lipinski definition) is 7. The molecular weight excluding hydrogens is 550 g/mol. The third-order valence-electron chi connectivity index (χ3n) is 7.40. The average molecular weight is 588 g/mol. The third-order valence-corrected chi connectivity index (χ3v) is 8.53. The van der Waals surface area contributed by atoms with Gasteiger partial charge in [-0.1, -0.05) is 85.4 Å². The maximum atomic E-state index is 11.8. The number of rotatable bonds is 10. The zero-order valence-corrected chi connectivity index (χ0v) is 24.9. The first-order valence-corrected chi connectivity index (χ1v) is 15.1. The van der Waals surface area contributed by atoms with E-state index in [1.54, 1.807) is 18.1 Å². The summed E-state index contributed by atoms with van der Waals surface area (Å²) in [4.78, 5) is 11.8. The van der Waals surface area contributed by atoms with Crippen molar-refractivity contribution in [1.29, 1.82) is 0 Å². The van der Waals surface area contributed by atoms with E-state index in [1.807, 2.05) is 67.1 Å². The number of hydrogen-bond donors (Lipinski definition) is 3. The third kappa shape index (κ3) is 7.19. The molecule has 1 aromatic heterocycles. The van der Waals surface area contributed by atoms with Crippen molar-refractivity contribution >= 4 is 17.8 Å². The zero-order valence-electron chi connectivity index (χ0n) is 24.1. The molecule has 5 rings (SSSR count). The van der Waals surface area contributed by atoms with E-state index in [4.69, 9.17) is 9.47 Å². The first-order chi connectivity index (χ1) is 20.4. The summed E-state index contributed by atoms with van der Waals surface area (Å²) in [5.41, 5.74) is 6.00. The van der Waals surface area contributed by atoms with E-state index in [2.05, 4.69) is 52.0 Å². The van der Waals surface area contributed by atoms with Crippen LogP contribution in [0.5, 0.6) is 0 Å². The molecule has 2 amide bonds. The summed E-state index contributed by atoms with van der Waals surface area (Å²) in [5.74, 6) is 0.783. The number of thioether (sulfide) groups is 1. The van der Waals surface area contributed by atoms with Gasteiger partial charge in [0, 0.05) is 37.4 Å². The smallest absolute Gasteiger partial charge is 0.315 e. The molecule has 10 heteroatoms. The SMILES string of the molecule is CCNC(=O)NCc1cccc(-c2ccc(C3OC(CSc4nncn4C)C(C)C(c4ccc(CO)cc4)O3)cc2)c1. The first kappa shape index (κ1) is 29.8. The van der Waals surface area contributed by atoms with Crippen LogP contribution in [-0.4, -0.2) is 44.3 Å². The summed E-state index contributed by atoms with van der Waals surface area (Å²) in [6, 6.07) is 24.1. The average Bonchev–Trinajstić information content (AvgIpc) is 3.44. The first-order valence-electron chi connectivity index (χ1n) is 14.1. The van der Waals surface area contributed by atoms with Crippen molar-refractivity contribution in [3.8, 4) is 11.1 Å². The van der Waals surface area contributed by atoms with Gasteiger partial charge in [-0.15, -0.1) is 10.2 Å². The highest BCUT2D eigenvalue weighted by atomic mass is 32.2. The highest BCUT2D eigenvalue weighted by Crippen LogP contribution is 2.43. The van der Waals surface area contributed by atoms with Gasteiger partial charge < -0.3 is 29.8 Å². The number of amides is 2. The Kier molecular flexibility index (Phi) is 9.91. The normalized spacial score (nSPS) is 20.3. The van der Waals surface area contributed by atoms with Crippen LogP contribution < -0.4 is 10.6 Å². The Bertz CT molecular complexity index is 1460. The monoisotopic (exact) mass is 587 g/mol. The van der Waals surface area contributed by atoms with Gasteiger partial charge in [-0.25, -0.2) is 4.79 Å². The number of aryl methyl sites for hydroxylation is 1. The summed E-state index contributed by atoms with van der Waals surface area (Å²) < 4.78 is 15.1. The number of nitrogens with one attached hydrogen (secondary N) is 2. The van der Waals surface area contributed by atoms with Gasteiger partial charge in [0.25, 0.3) is 0 Å². The van der Waals surface area contributed by atoms with Gasteiger partial charge >= 0.3 is 6.03 Å². The van der Waals surface area contributed by atoms with Gasteiger partial charge in [-0.2, -0.15) is 0 Å². The van der Waals surface area contributed by atoms with Crippen LogP contribution in [0.4, 0.5) is 4.79 Å². The van der Waals surface area contributed by atoms with E-state index in [0.717, 1.165) is 38.5 Å². The minimum atomic E-state index is -0.546. The van der Waals surface area contributed by atoms with Crippen LogP contribution in [0.25, 0.3) is 11.1 Å². The lowest BCUT2D eigenvalue weighted by Gasteiger charge is -2.41. The lowest BCUT2D eigenvalue weighted by molar-refractivity contribution is -0.268. The predicted molar refractivity (Wildman–Crippen MR) is 162 cm³/mol. The second-order valence-electron chi connectivity index (χ2n) is 10.4. The summed E-state index contributed by atoms with van der Waals surface area (Å²) in [7, 11) is 1.93. The quantitative estimate of drug-likeness (QED) is 0.214. The Morgan fingerprint density at radius 2 is 1.74 bits per heavy atom. The number of nitrogens with zero attached hydrogens (tertiary/aromatic N) is 3. The summed E-state index contributed by atoms with van der Waals surface area (Å²) in [5, 5.41) is 24.2. The van der Waals surface area contributed by atoms with E-state index < -0.39 is 6.29 Å². The molecule has 4 unspecified atom stereocenters. The number of urea groups is 1. The fraction of sp³-hybridized carbons (Fsp3) is 0.344. The van der Waals surface area contributed by atoms with Crippen LogP contribution in [-0.2, 0) is 29.7 Å². The molecule has 4 atom stereocenters. The minimum absolute atomic E-state index is 0.00398. The van der Waals surface area contributed by atoms with Crippen molar-refractivity contribution in [1.82, 2.24) is 25.4 Å². The Morgan fingerprint density at radius 3 is 2.43 bits per heavy atom. The summed E-state index contributed by atoms with van der Waals surface area (Å²) in [6.07, 6.45) is 0.870. The van der Waals surface area contributed by atoms with Crippen LogP contribution in [0.1, 0.15) is 48.5 Å². The van der Waals surface area contributed by atoms with Gasteiger partial charge in [0.05, 0.1) is 18.8 Å². The number of aliphatic hydroxyl groups is 1. The van der Waals surface area contributed by atoms with Crippen molar-refractivity contribution < 1.29 is 19.4 Å². The highest BCUT2D eigenvalue weighted by Gasteiger charge is 2.38. The number of carbonyl (C=O) groups excluding carboxylic acids is 1. The molecule has 0 spiro atoms. The maximum Gasteiger partial charge on any atom is 0.315 e. The van der Waals surface area contributed by atoms with Gasteiger partial charge in [0.1, 0.15) is 6.33 Å². The molecule has 9 nitrogen and oxygen atoms in total. The standard InChI is InChI=1S/C32H37N5O4S/c1-4-33-31(39)34-17-23-6-5-7-27(16-23)24-12-14-26(15-13-24)30-40-28(19-42-32-36-35-20-37(32)3)21(2)29(41-30)25-10-8-22(18-38)9-11-25/h5-16,20-21,28-30,38H,4,17-19H2,1-3H3,(H2,33,34,39). The number of aromatic nitrogens is 3. The number of ether oxygens (including phenoxy) is 2. The molecule has 2 heterocycles. The van der Waals surface area contributed by atoms with E-state index in [9.17, 15) is 9.90 Å². The van der Waals surface area contributed by atoms with Crippen LogP contribution in [0.15, 0.2) is 84.3 Å². The topological polar surface area (TPSA) is 111 Å². The van der Waals surface area contributed by atoms with Crippen LogP contribution in [0.3, 0.4) is 0 Å². The molecule has 1 aliphatic heterocycles. The van der Waals surface area contributed by atoms with E-state index >= 15 is 0 Å². The van der Waals surface area contributed by atoms with Crippen LogP contribution >= 0.6 is 11.8 Å². The number of aliphatic hydroxyl groups excluding tert-OH is 1. The molecule has 4 aromatic rings. The largest absolute Gasteiger partial charge is 0.392 e. The lowest BCUT2D eigenvalue weighted by atomic mass is 9.91. The van der Waals surface area contributed by atoms with Crippen molar-refractivity contribution in [3.63, 3.8) is 0 Å². The molecule has 1 fully saturated rings. The zero-order chi connectivity index (χ0) is 29.5. The molecule has 3 N–H and O–H groups in total. The molecule has 0 aliphatic carbocycles. The van der Waals surface area contributed by atoms with Crippen molar-refractivity contribution in [2.75, 3.05) is 12.3 Å². The van der Waals surface area contributed by atoms with Crippen molar-refractivity contribution in [3.05, 3.63) is 101 Å². The fourth-order valence-electron chi connectivity index (χ4n) is 4.97. The van der Waals surface area contributed by atoms with Crippen molar-refractivity contribution in [2.45, 2.75) is 50.7 Å². The van der Waals surface area contributed by atoms with E-state index in [0.29, 0.717) is 18.8 Å². The maximum absolute atomic E-state index is 11.8. The van der Waals surface area contributed by atoms with Crippen LogP contribution in [0.2, 0.25) is 0 Å². The Labute approximate surface area is 250 Å². The van der Waals surface area contributed by atoms with E-state index in [1.165, 1.54) is 0 Å². The molecule has 3 aromatic carbocycles. The van der Waals surface area contributed by atoms with Crippen LogP contribution in [0, 0.1) is 5.92 Å². The number of carbonyl (C=O) groups is 1. The van der Waals surface area contributed by atoms with Gasteiger partial charge in [-0.3, -0.25) is 0 Å². The van der Waals surface area contributed by atoms with Crippen molar-refractivity contribution in [2.24, 2.45) is 13.0 Å². The second kappa shape index (κ2) is 14.0. The Morgan fingerprint density at radius 1 is 0.976 bits per heavy atom. The molecule has 220 valence electrons. The molecule has 0 bridgehead atoms. The fourth-order valence-corrected chi connectivity index (χ4v) is 6.02. The molecular formula is C32H37N5O4S. The molecule has 0 saturated carbocycles. The van der Waals surface area contributed by atoms with Gasteiger partial charge in [0.15, 0.2) is 11.4 Å². The molecule has 42 heavy (non-hydrogen) atoms. The highest BCUT2D eigenvalue weighted by molar-refractivity contribution is 7.99. The number of benzene rings is 3. The van der Waals surface area contributed by atoms with Gasteiger partial charge in [0.2, 0.25) is 0 Å². The predicted octanol–water partition coefficient (Wildman–Crippen LogP) is 5.38. The molecule has 1 saturated heterocycles. The summed E-state index contributed by atoms with van der Waals surface area (Å²) >= 11 is 1.62. The lowest BCUT2D eigenvalue weighted by Crippen LogP contribution is -2.38. The Balaban J connectivity index is 1.34. The molecule has 1 aliphatic rings. The summed E-state index contributed by atoms with van der Waals surface area (Å²) in [6.45, 7) is 5.09. The second-order valence-corrected chi connectivity index (χ2v) is 11.4. The molecule has 0 radical (unpaired) electrons. The van der Waals surface area contributed by atoms with Gasteiger partial charge in [-0.05, 0) is 40.8 Å². The Hall–Kier alpha value is -3.70. The minimum Gasteiger partial charge on any atom is -0.392 e. The van der Waals surface area contributed by atoms with E-state index in [-0.39, 0.29) is 30.8 Å².